The zero-order valence-corrected chi connectivity index (χ0v) is 9.40. The van der Waals surface area contributed by atoms with E-state index in [4.69, 9.17) is 4.74 Å². The van der Waals surface area contributed by atoms with Crippen molar-refractivity contribution in [1.29, 1.82) is 0 Å². The van der Waals surface area contributed by atoms with E-state index < -0.39 is 0 Å². The minimum Gasteiger partial charge on any atom is -0.378 e. The highest BCUT2D eigenvalue weighted by atomic mass is 16.5. The summed E-state index contributed by atoms with van der Waals surface area (Å²) in [6.45, 7) is 2.17. The lowest BCUT2D eigenvalue weighted by Gasteiger charge is -2.25. The van der Waals surface area contributed by atoms with Crippen LogP contribution in [-0.4, -0.2) is 43.7 Å². The summed E-state index contributed by atoms with van der Waals surface area (Å²) in [6, 6.07) is 3.89. The van der Waals surface area contributed by atoms with Crippen LogP contribution in [0.4, 0.5) is 5.82 Å². The molecule has 1 aliphatic rings. The van der Waals surface area contributed by atoms with E-state index in [1.807, 2.05) is 12.1 Å². The first-order valence-electron chi connectivity index (χ1n) is 5.48. The molecule has 1 aliphatic heterocycles. The number of carbonyl (C=O) groups is 1. The third kappa shape index (κ3) is 2.62. The maximum absolute atomic E-state index is 11.9. The predicted molar refractivity (Wildman–Crippen MR) is 61.4 cm³/mol. The Kier molecular flexibility index (Phi) is 3.58. The van der Waals surface area contributed by atoms with Gasteiger partial charge in [0.25, 0.3) is 0 Å². The van der Waals surface area contributed by atoms with Crippen molar-refractivity contribution in [1.82, 2.24) is 10.3 Å². The molecule has 1 aromatic heterocycles. The standard InChI is InChI=1S/C11H17N3O2/c1-14(10-3-2-4-13-10)11(15)7-9-8-16-6-5-12-9/h2-4,9,12-13H,5-8H2,1H3. The quantitative estimate of drug-likeness (QED) is 0.777. The molecular formula is C11H17N3O2. The number of anilines is 1. The SMILES string of the molecule is CN(C(=O)CC1COCCN1)c1ccc[nH]1. The van der Waals surface area contributed by atoms with Crippen LogP contribution in [0.5, 0.6) is 0 Å². The Morgan fingerprint density at radius 3 is 3.19 bits per heavy atom. The molecule has 1 amide bonds. The van der Waals surface area contributed by atoms with E-state index in [2.05, 4.69) is 10.3 Å². The van der Waals surface area contributed by atoms with Crippen molar-refractivity contribution in [3.05, 3.63) is 18.3 Å². The average Bonchev–Trinajstić information content (AvgIpc) is 2.83. The average molecular weight is 223 g/mol. The fraction of sp³-hybridized carbons (Fsp3) is 0.545. The van der Waals surface area contributed by atoms with Crippen LogP contribution >= 0.6 is 0 Å². The van der Waals surface area contributed by atoms with Crippen LogP contribution in [0.1, 0.15) is 6.42 Å². The van der Waals surface area contributed by atoms with Gasteiger partial charge in [0.2, 0.25) is 5.91 Å². The molecule has 1 atom stereocenters. The Morgan fingerprint density at radius 1 is 1.69 bits per heavy atom. The smallest absolute Gasteiger partial charge is 0.229 e. The number of aromatic nitrogens is 1. The normalized spacial score (nSPS) is 20.7. The van der Waals surface area contributed by atoms with Gasteiger partial charge in [-0.15, -0.1) is 0 Å². The van der Waals surface area contributed by atoms with Gasteiger partial charge in [-0.25, -0.2) is 0 Å². The van der Waals surface area contributed by atoms with Crippen LogP contribution in [0.25, 0.3) is 0 Å². The van der Waals surface area contributed by atoms with Gasteiger partial charge < -0.3 is 19.9 Å². The molecule has 1 fully saturated rings. The number of rotatable bonds is 3. The highest BCUT2D eigenvalue weighted by molar-refractivity contribution is 5.92. The molecule has 0 spiro atoms. The molecular weight excluding hydrogens is 206 g/mol. The van der Waals surface area contributed by atoms with Gasteiger partial charge >= 0.3 is 0 Å². The molecule has 0 radical (unpaired) electrons. The zero-order valence-electron chi connectivity index (χ0n) is 9.40. The summed E-state index contributed by atoms with van der Waals surface area (Å²) in [4.78, 5) is 16.6. The number of nitrogens with zero attached hydrogens (tertiary/aromatic N) is 1. The molecule has 5 nitrogen and oxygen atoms in total. The number of aromatic amines is 1. The zero-order chi connectivity index (χ0) is 11.4. The van der Waals surface area contributed by atoms with Gasteiger partial charge in [0.05, 0.1) is 13.2 Å². The van der Waals surface area contributed by atoms with Gasteiger partial charge in [0, 0.05) is 32.3 Å². The third-order valence-electron chi connectivity index (χ3n) is 2.74. The van der Waals surface area contributed by atoms with Crippen molar-refractivity contribution in [2.75, 3.05) is 31.7 Å². The molecule has 88 valence electrons. The highest BCUT2D eigenvalue weighted by Crippen LogP contribution is 2.10. The van der Waals surface area contributed by atoms with Gasteiger partial charge in [0.15, 0.2) is 0 Å². The van der Waals surface area contributed by atoms with Crippen LogP contribution in [-0.2, 0) is 9.53 Å². The van der Waals surface area contributed by atoms with Crippen LogP contribution in [0.3, 0.4) is 0 Å². The number of nitrogens with one attached hydrogen (secondary N) is 2. The van der Waals surface area contributed by atoms with Gasteiger partial charge in [0.1, 0.15) is 5.82 Å². The molecule has 2 N–H and O–H groups in total. The topological polar surface area (TPSA) is 57.4 Å². The molecule has 0 saturated carbocycles. The fourth-order valence-corrected chi connectivity index (χ4v) is 1.76. The largest absolute Gasteiger partial charge is 0.378 e. The lowest BCUT2D eigenvalue weighted by Crippen LogP contribution is -2.44. The van der Waals surface area contributed by atoms with Crippen molar-refractivity contribution in [3.8, 4) is 0 Å². The molecule has 0 aliphatic carbocycles. The second-order valence-electron chi connectivity index (χ2n) is 3.94. The number of hydrogen-bond acceptors (Lipinski definition) is 3. The number of ether oxygens (including phenoxy) is 1. The van der Waals surface area contributed by atoms with Crippen LogP contribution in [0.2, 0.25) is 0 Å². The minimum atomic E-state index is 0.0884. The lowest BCUT2D eigenvalue weighted by atomic mass is 10.2. The summed E-state index contributed by atoms with van der Waals surface area (Å²) in [5.74, 6) is 0.909. The van der Waals surface area contributed by atoms with E-state index in [0.717, 1.165) is 19.0 Å². The molecule has 2 rings (SSSR count). The fourth-order valence-electron chi connectivity index (χ4n) is 1.76. The highest BCUT2D eigenvalue weighted by Gasteiger charge is 2.20. The van der Waals surface area contributed by atoms with Crippen molar-refractivity contribution in [2.45, 2.75) is 12.5 Å². The van der Waals surface area contributed by atoms with E-state index in [1.54, 1.807) is 18.1 Å². The Morgan fingerprint density at radius 2 is 2.56 bits per heavy atom. The first-order chi connectivity index (χ1) is 7.77. The van der Waals surface area contributed by atoms with Gasteiger partial charge in [-0.3, -0.25) is 4.79 Å². The summed E-state index contributed by atoms with van der Waals surface area (Å²) >= 11 is 0. The van der Waals surface area contributed by atoms with E-state index in [9.17, 15) is 4.79 Å². The van der Waals surface area contributed by atoms with Crippen LogP contribution in [0, 0.1) is 0 Å². The second-order valence-corrected chi connectivity index (χ2v) is 3.94. The molecule has 5 heteroatoms. The summed E-state index contributed by atoms with van der Waals surface area (Å²) in [7, 11) is 1.78. The molecule has 16 heavy (non-hydrogen) atoms. The molecule has 1 unspecified atom stereocenters. The maximum Gasteiger partial charge on any atom is 0.229 e. The van der Waals surface area contributed by atoms with E-state index in [0.29, 0.717) is 13.0 Å². The molecule has 0 aromatic carbocycles. The number of amides is 1. The van der Waals surface area contributed by atoms with Crippen LogP contribution < -0.4 is 10.2 Å². The van der Waals surface area contributed by atoms with Crippen molar-refractivity contribution >= 4 is 11.7 Å². The van der Waals surface area contributed by atoms with Gasteiger partial charge in [-0.1, -0.05) is 0 Å². The minimum absolute atomic E-state index is 0.0884. The Hall–Kier alpha value is -1.33. The van der Waals surface area contributed by atoms with Crippen LogP contribution in [0.15, 0.2) is 18.3 Å². The number of hydrogen-bond donors (Lipinski definition) is 2. The van der Waals surface area contributed by atoms with Crippen molar-refractivity contribution in [2.24, 2.45) is 0 Å². The monoisotopic (exact) mass is 223 g/mol. The second kappa shape index (κ2) is 5.14. The number of morpholine rings is 1. The van der Waals surface area contributed by atoms with Gasteiger partial charge in [-0.05, 0) is 12.1 Å². The Bertz CT molecular complexity index is 331. The Labute approximate surface area is 94.8 Å². The summed E-state index contributed by atoms with van der Waals surface area (Å²) in [5, 5.41) is 3.27. The summed E-state index contributed by atoms with van der Waals surface area (Å²) in [6.07, 6.45) is 2.27. The Balaban J connectivity index is 1.87. The van der Waals surface area contributed by atoms with Crippen molar-refractivity contribution in [3.63, 3.8) is 0 Å². The van der Waals surface area contributed by atoms with Crippen molar-refractivity contribution < 1.29 is 9.53 Å². The third-order valence-corrected chi connectivity index (χ3v) is 2.74. The molecule has 1 aromatic rings. The number of carbonyl (C=O) groups excluding carboxylic acids is 1. The molecule has 2 heterocycles. The first-order valence-corrected chi connectivity index (χ1v) is 5.48. The van der Waals surface area contributed by atoms with Gasteiger partial charge in [-0.2, -0.15) is 0 Å². The molecule has 1 saturated heterocycles. The first kappa shape index (κ1) is 11.2. The predicted octanol–water partition coefficient (Wildman–Crippen LogP) is 0.356. The molecule has 0 bridgehead atoms. The summed E-state index contributed by atoms with van der Waals surface area (Å²) < 4.78 is 5.31. The van der Waals surface area contributed by atoms with E-state index in [1.165, 1.54) is 0 Å². The lowest BCUT2D eigenvalue weighted by molar-refractivity contribution is -0.119. The maximum atomic E-state index is 11.9. The number of H-pyrrole nitrogens is 1. The van der Waals surface area contributed by atoms with E-state index >= 15 is 0 Å². The van der Waals surface area contributed by atoms with E-state index in [-0.39, 0.29) is 11.9 Å². The summed E-state index contributed by atoms with van der Waals surface area (Å²) in [5.41, 5.74) is 0.